The number of hydrogen-bond acceptors (Lipinski definition) is 4. The van der Waals surface area contributed by atoms with Gasteiger partial charge in [0.05, 0.1) is 11.0 Å². The Hall–Kier alpha value is -1.78. The third-order valence-electron chi connectivity index (χ3n) is 3.27. The SMILES string of the molecule is CNC(Cc1ccsc1)c1cccc2nccnc12. The van der Waals surface area contributed by atoms with Gasteiger partial charge in [-0.15, -0.1) is 0 Å². The van der Waals surface area contributed by atoms with Crippen molar-refractivity contribution in [2.45, 2.75) is 12.5 Å². The number of likely N-dealkylation sites (N-methyl/N-ethyl adjacent to an activating group) is 1. The van der Waals surface area contributed by atoms with Crippen molar-refractivity contribution in [1.82, 2.24) is 15.3 Å². The molecule has 0 bridgehead atoms. The molecule has 1 N–H and O–H groups in total. The summed E-state index contributed by atoms with van der Waals surface area (Å²) < 4.78 is 0. The van der Waals surface area contributed by atoms with E-state index in [4.69, 9.17) is 0 Å². The lowest BCUT2D eigenvalue weighted by Gasteiger charge is -2.17. The van der Waals surface area contributed by atoms with Crippen LogP contribution in [0.1, 0.15) is 17.2 Å². The normalized spacial score (nSPS) is 12.7. The average molecular weight is 269 g/mol. The van der Waals surface area contributed by atoms with Gasteiger partial charge in [0.25, 0.3) is 0 Å². The van der Waals surface area contributed by atoms with Crippen LogP contribution in [0, 0.1) is 0 Å². The maximum atomic E-state index is 4.48. The molecule has 0 spiro atoms. The van der Waals surface area contributed by atoms with Gasteiger partial charge < -0.3 is 5.32 Å². The highest BCUT2D eigenvalue weighted by Crippen LogP contribution is 2.24. The van der Waals surface area contributed by atoms with Gasteiger partial charge in [-0.1, -0.05) is 12.1 Å². The number of rotatable bonds is 4. The third kappa shape index (κ3) is 2.50. The Bertz CT molecular complexity index is 659. The molecule has 0 amide bonds. The molecule has 19 heavy (non-hydrogen) atoms. The summed E-state index contributed by atoms with van der Waals surface area (Å²) in [4.78, 5) is 8.85. The van der Waals surface area contributed by atoms with Crippen molar-refractivity contribution in [3.05, 3.63) is 58.5 Å². The van der Waals surface area contributed by atoms with Crippen LogP contribution in [-0.2, 0) is 6.42 Å². The molecule has 0 saturated carbocycles. The summed E-state index contributed by atoms with van der Waals surface area (Å²) in [5.74, 6) is 0. The van der Waals surface area contributed by atoms with Crippen LogP contribution < -0.4 is 5.32 Å². The van der Waals surface area contributed by atoms with Crippen LogP contribution in [0.15, 0.2) is 47.4 Å². The minimum absolute atomic E-state index is 0.259. The average Bonchev–Trinajstić information content (AvgIpc) is 2.97. The first-order chi connectivity index (χ1) is 9.38. The third-order valence-corrected chi connectivity index (χ3v) is 4.01. The summed E-state index contributed by atoms with van der Waals surface area (Å²) in [5, 5.41) is 7.70. The van der Waals surface area contributed by atoms with Gasteiger partial charge in [-0.3, -0.25) is 9.97 Å². The van der Waals surface area contributed by atoms with Crippen LogP contribution in [-0.4, -0.2) is 17.0 Å². The van der Waals surface area contributed by atoms with Crippen LogP contribution in [0.2, 0.25) is 0 Å². The molecule has 2 heterocycles. The van der Waals surface area contributed by atoms with Crippen LogP contribution in [0.3, 0.4) is 0 Å². The van der Waals surface area contributed by atoms with Crippen LogP contribution in [0.5, 0.6) is 0 Å². The van der Waals surface area contributed by atoms with Gasteiger partial charge in [0.15, 0.2) is 0 Å². The lowest BCUT2D eigenvalue weighted by molar-refractivity contribution is 0.596. The smallest absolute Gasteiger partial charge is 0.0934 e. The van der Waals surface area contributed by atoms with Crippen molar-refractivity contribution < 1.29 is 0 Å². The Morgan fingerprint density at radius 3 is 2.89 bits per heavy atom. The Morgan fingerprint density at radius 1 is 1.21 bits per heavy atom. The van der Waals surface area contributed by atoms with E-state index in [1.807, 2.05) is 19.2 Å². The van der Waals surface area contributed by atoms with Crippen molar-refractivity contribution in [1.29, 1.82) is 0 Å². The lowest BCUT2D eigenvalue weighted by atomic mass is 9.99. The molecule has 1 aromatic carbocycles. The molecule has 0 aliphatic rings. The molecular weight excluding hydrogens is 254 g/mol. The molecule has 2 aromatic heterocycles. The highest BCUT2D eigenvalue weighted by Gasteiger charge is 2.14. The van der Waals surface area contributed by atoms with Gasteiger partial charge >= 0.3 is 0 Å². The molecule has 0 fully saturated rings. The molecule has 0 aliphatic heterocycles. The second-order valence-corrected chi connectivity index (χ2v) is 5.23. The summed E-state index contributed by atoms with van der Waals surface area (Å²) in [5.41, 5.74) is 4.50. The topological polar surface area (TPSA) is 37.8 Å². The van der Waals surface area contributed by atoms with E-state index < -0.39 is 0 Å². The molecule has 1 atom stereocenters. The zero-order valence-electron chi connectivity index (χ0n) is 10.7. The van der Waals surface area contributed by atoms with E-state index in [1.165, 1.54) is 11.1 Å². The van der Waals surface area contributed by atoms with Crippen molar-refractivity contribution >= 4 is 22.4 Å². The first-order valence-corrected chi connectivity index (χ1v) is 7.21. The minimum atomic E-state index is 0.259. The molecule has 0 saturated heterocycles. The molecule has 1 unspecified atom stereocenters. The molecule has 0 radical (unpaired) electrons. The molecule has 3 nitrogen and oxygen atoms in total. The monoisotopic (exact) mass is 269 g/mol. The number of benzene rings is 1. The summed E-state index contributed by atoms with van der Waals surface area (Å²) in [6.07, 6.45) is 4.46. The van der Waals surface area contributed by atoms with Crippen LogP contribution >= 0.6 is 11.3 Å². The predicted molar refractivity (Wildman–Crippen MR) is 79.4 cm³/mol. The number of para-hydroxylation sites is 1. The first kappa shape index (κ1) is 12.3. The number of nitrogens with zero attached hydrogens (tertiary/aromatic N) is 2. The molecule has 0 aliphatic carbocycles. The van der Waals surface area contributed by atoms with E-state index in [0.29, 0.717) is 0 Å². The van der Waals surface area contributed by atoms with Gasteiger partial charge in [-0.2, -0.15) is 11.3 Å². The van der Waals surface area contributed by atoms with Crippen molar-refractivity contribution in [3.63, 3.8) is 0 Å². The number of fused-ring (bicyclic) bond motifs is 1. The fraction of sp³-hybridized carbons (Fsp3) is 0.200. The van der Waals surface area contributed by atoms with E-state index in [0.717, 1.165) is 17.5 Å². The molecule has 3 aromatic rings. The van der Waals surface area contributed by atoms with Crippen molar-refractivity contribution in [2.75, 3.05) is 7.05 Å². The second-order valence-electron chi connectivity index (χ2n) is 4.45. The fourth-order valence-corrected chi connectivity index (χ4v) is 2.99. The zero-order chi connectivity index (χ0) is 13.1. The second kappa shape index (κ2) is 5.47. The number of aromatic nitrogens is 2. The van der Waals surface area contributed by atoms with Crippen molar-refractivity contribution in [2.24, 2.45) is 0 Å². The molecule has 4 heteroatoms. The van der Waals surface area contributed by atoms with Gasteiger partial charge in [0, 0.05) is 18.4 Å². The summed E-state index contributed by atoms with van der Waals surface area (Å²) >= 11 is 1.74. The molecule has 96 valence electrons. The predicted octanol–water partition coefficient (Wildman–Crippen LogP) is 3.19. The highest BCUT2D eigenvalue weighted by molar-refractivity contribution is 7.07. The zero-order valence-corrected chi connectivity index (χ0v) is 11.5. The number of thiophene rings is 1. The minimum Gasteiger partial charge on any atom is -0.313 e. The maximum absolute atomic E-state index is 4.48. The highest BCUT2D eigenvalue weighted by atomic mass is 32.1. The number of nitrogens with one attached hydrogen (secondary N) is 1. The quantitative estimate of drug-likeness (QED) is 0.790. The Balaban J connectivity index is 2.01. The summed E-state index contributed by atoms with van der Waals surface area (Å²) in [7, 11) is 1.99. The van der Waals surface area contributed by atoms with Gasteiger partial charge in [0.2, 0.25) is 0 Å². The van der Waals surface area contributed by atoms with Gasteiger partial charge in [-0.05, 0) is 47.5 Å². The van der Waals surface area contributed by atoms with Crippen molar-refractivity contribution in [3.8, 4) is 0 Å². The molecular formula is C15H15N3S. The maximum Gasteiger partial charge on any atom is 0.0934 e. The van der Waals surface area contributed by atoms with E-state index in [-0.39, 0.29) is 6.04 Å². The lowest BCUT2D eigenvalue weighted by Crippen LogP contribution is -2.19. The van der Waals surface area contributed by atoms with E-state index in [1.54, 1.807) is 23.7 Å². The Morgan fingerprint density at radius 2 is 2.11 bits per heavy atom. The Kier molecular flexibility index (Phi) is 3.53. The Labute approximate surface area is 116 Å². The van der Waals surface area contributed by atoms with Crippen LogP contribution in [0.25, 0.3) is 11.0 Å². The first-order valence-electron chi connectivity index (χ1n) is 6.26. The van der Waals surface area contributed by atoms with Crippen LogP contribution in [0.4, 0.5) is 0 Å². The van der Waals surface area contributed by atoms with Gasteiger partial charge in [-0.25, -0.2) is 0 Å². The van der Waals surface area contributed by atoms with E-state index in [9.17, 15) is 0 Å². The molecule has 3 rings (SSSR count). The number of hydrogen-bond donors (Lipinski definition) is 1. The van der Waals surface area contributed by atoms with E-state index in [2.05, 4.69) is 38.2 Å². The van der Waals surface area contributed by atoms with Gasteiger partial charge in [0.1, 0.15) is 0 Å². The van der Waals surface area contributed by atoms with E-state index >= 15 is 0 Å². The largest absolute Gasteiger partial charge is 0.313 e. The standard InChI is InChI=1S/C15H15N3S/c1-16-14(9-11-5-8-19-10-11)12-3-2-4-13-15(12)18-7-6-17-13/h2-8,10,14,16H,9H2,1H3. The fourth-order valence-electron chi connectivity index (χ4n) is 2.31. The summed E-state index contributed by atoms with van der Waals surface area (Å²) in [6, 6.07) is 8.61. The summed E-state index contributed by atoms with van der Waals surface area (Å²) in [6.45, 7) is 0.